The second kappa shape index (κ2) is 7.21. The van der Waals surface area contributed by atoms with E-state index < -0.39 is 21.6 Å². The number of rotatable bonds is 3. The maximum Gasteiger partial charge on any atom is 0.418 e. The summed E-state index contributed by atoms with van der Waals surface area (Å²) in [5.41, 5.74) is 1.62. The van der Waals surface area contributed by atoms with Crippen molar-refractivity contribution in [1.29, 1.82) is 0 Å². The Hall–Kier alpha value is -3.26. The Balaban J connectivity index is 1.83. The van der Waals surface area contributed by atoms with Gasteiger partial charge in [-0.1, -0.05) is 42.5 Å². The number of hydrogen-bond acceptors (Lipinski definition) is 4. The van der Waals surface area contributed by atoms with Crippen LogP contribution < -0.4 is 0 Å². The maximum absolute atomic E-state index is 13.4. The third-order valence-corrected chi connectivity index (χ3v) is 5.85. The zero-order valence-corrected chi connectivity index (χ0v) is 16.5. The second-order valence-corrected chi connectivity index (χ2v) is 8.81. The van der Waals surface area contributed by atoms with Crippen LogP contribution in [0.1, 0.15) is 5.56 Å². The number of alkyl halides is 3. The number of fused-ring (bicyclic) bond motifs is 1. The number of benzene rings is 3. The van der Waals surface area contributed by atoms with E-state index in [0.29, 0.717) is 16.6 Å². The molecule has 0 atom stereocenters. The summed E-state index contributed by atoms with van der Waals surface area (Å²) in [5, 5.41) is 0.303. The van der Waals surface area contributed by atoms with E-state index in [4.69, 9.17) is 0 Å². The van der Waals surface area contributed by atoms with E-state index in [9.17, 15) is 21.6 Å². The summed E-state index contributed by atoms with van der Waals surface area (Å²) in [6, 6.07) is 17.5. The predicted molar refractivity (Wildman–Crippen MR) is 109 cm³/mol. The highest BCUT2D eigenvalue weighted by Gasteiger charge is 2.33. The molecule has 0 fully saturated rings. The van der Waals surface area contributed by atoms with Crippen LogP contribution in [0.3, 0.4) is 0 Å². The SMILES string of the molecule is CS(=O)(=O)c1ccc(-c2cccc(-c3ncnc4c(C(F)(F)F)cccc34)c2)cc1. The Kier molecular flexibility index (Phi) is 4.82. The molecule has 4 rings (SSSR count). The third-order valence-electron chi connectivity index (χ3n) is 4.72. The van der Waals surface area contributed by atoms with Gasteiger partial charge in [0.15, 0.2) is 9.84 Å². The molecule has 0 amide bonds. The summed E-state index contributed by atoms with van der Waals surface area (Å²) in [6.45, 7) is 0. The van der Waals surface area contributed by atoms with Crippen LogP contribution in [-0.4, -0.2) is 24.6 Å². The molecule has 4 nitrogen and oxygen atoms in total. The summed E-state index contributed by atoms with van der Waals surface area (Å²) in [5.74, 6) is 0. The summed E-state index contributed by atoms with van der Waals surface area (Å²) < 4.78 is 63.3. The van der Waals surface area contributed by atoms with Crippen LogP contribution in [0.25, 0.3) is 33.3 Å². The molecule has 0 saturated heterocycles. The minimum Gasteiger partial charge on any atom is -0.236 e. The van der Waals surface area contributed by atoms with Crippen molar-refractivity contribution in [3.63, 3.8) is 0 Å². The van der Waals surface area contributed by atoms with Crippen LogP contribution >= 0.6 is 0 Å². The predicted octanol–water partition coefficient (Wildman–Crippen LogP) is 5.39. The molecule has 8 heteroatoms. The topological polar surface area (TPSA) is 59.9 Å². The van der Waals surface area contributed by atoms with Crippen molar-refractivity contribution in [2.24, 2.45) is 0 Å². The third kappa shape index (κ3) is 3.78. The minimum atomic E-state index is -4.52. The molecule has 0 spiro atoms. The summed E-state index contributed by atoms with van der Waals surface area (Å²) >= 11 is 0. The van der Waals surface area contributed by atoms with Crippen LogP contribution in [0, 0.1) is 0 Å². The van der Waals surface area contributed by atoms with Gasteiger partial charge in [0.25, 0.3) is 0 Å². The zero-order chi connectivity index (χ0) is 21.5. The molecule has 0 aliphatic carbocycles. The molecule has 0 bridgehead atoms. The standard InChI is InChI=1S/C22H15F3N2O2S/c1-30(28,29)17-10-8-14(9-11-17)15-4-2-5-16(12-15)20-18-6-3-7-19(22(23,24)25)21(18)27-13-26-20/h2-13H,1H3. The number of para-hydroxylation sites is 1. The smallest absolute Gasteiger partial charge is 0.236 e. The largest absolute Gasteiger partial charge is 0.418 e. The van der Waals surface area contributed by atoms with Crippen molar-refractivity contribution in [2.45, 2.75) is 11.1 Å². The number of halogens is 3. The van der Waals surface area contributed by atoms with E-state index in [2.05, 4.69) is 9.97 Å². The van der Waals surface area contributed by atoms with Crippen LogP contribution in [0.4, 0.5) is 13.2 Å². The fourth-order valence-electron chi connectivity index (χ4n) is 3.29. The highest BCUT2D eigenvalue weighted by atomic mass is 32.2. The van der Waals surface area contributed by atoms with Crippen molar-refractivity contribution in [1.82, 2.24) is 9.97 Å². The van der Waals surface area contributed by atoms with Crippen molar-refractivity contribution in [3.05, 3.63) is 78.6 Å². The Morgan fingerprint density at radius 1 is 0.800 bits per heavy atom. The van der Waals surface area contributed by atoms with Gasteiger partial charge in [0.1, 0.15) is 6.33 Å². The number of sulfone groups is 1. The molecule has 0 aliphatic heterocycles. The molecule has 0 aliphatic rings. The molecule has 0 unspecified atom stereocenters. The number of aromatic nitrogens is 2. The number of hydrogen-bond donors (Lipinski definition) is 0. The lowest BCUT2D eigenvalue weighted by Gasteiger charge is -2.12. The monoisotopic (exact) mass is 428 g/mol. The van der Waals surface area contributed by atoms with Gasteiger partial charge in [-0.15, -0.1) is 0 Å². The Labute approximate surface area is 171 Å². The molecule has 4 aromatic rings. The van der Waals surface area contributed by atoms with Crippen molar-refractivity contribution in [2.75, 3.05) is 6.26 Å². The summed E-state index contributed by atoms with van der Waals surface area (Å²) in [6.07, 6.45) is -2.26. The van der Waals surface area contributed by atoms with Crippen molar-refractivity contribution < 1.29 is 21.6 Å². The molecule has 0 N–H and O–H groups in total. The fraction of sp³-hybridized carbons (Fsp3) is 0.0909. The highest BCUT2D eigenvalue weighted by molar-refractivity contribution is 7.90. The molecule has 1 heterocycles. The first-order chi connectivity index (χ1) is 14.1. The highest BCUT2D eigenvalue weighted by Crippen LogP contribution is 2.36. The van der Waals surface area contributed by atoms with Gasteiger partial charge in [-0.25, -0.2) is 18.4 Å². The lowest BCUT2D eigenvalue weighted by atomic mass is 9.99. The lowest BCUT2D eigenvalue weighted by molar-refractivity contribution is -0.136. The lowest BCUT2D eigenvalue weighted by Crippen LogP contribution is -2.07. The molecule has 30 heavy (non-hydrogen) atoms. The van der Waals surface area contributed by atoms with E-state index in [1.807, 2.05) is 6.07 Å². The van der Waals surface area contributed by atoms with Gasteiger partial charge < -0.3 is 0 Å². The molecule has 152 valence electrons. The van der Waals surface area contributed by atoms with Crippen LogP contribution in [0.15, 0.2) is 78.0 Å². The van der Waals surface area contributed by atoms with E-state index in [0.717, 1.165) is 29.8 Å². The molecular formula is C22H15F3N2O2S. The Bertz CT molecular complexity index is 1350. The van der Waals surface area contributed by atoms with E-state index >= 15 is 0 Å². The van der Waals surface area contributed by atoms with Gasteiger partial charge in [-0.05, 0) is 35.4 Å². The average Bonchev–Trinajstić information content (AvgIpc) is 2.72. The summed E-state index contributed by atoms with van der Waals surface area (Å²) in [4.78, 5) is 8.29. The normalized spacial score (nSPS) is 12.3. The zero-order valence-electron chi connectivity index (χ0n) is 15.7. The molecule has 1 aromatic heterocycles. The van der Waals surface area contributed by atoms with E-state index in [1.54, 1.807) is 36.4 Å². The maximum atomic E-state index is 13.4. The number of nitrogens with zero attached hydrogens (tertiary/aromatic N) is 2. The molecule has 0 saturated carbocycles. The Morgan fingerprint density at radius 2 is 1.47 bits per heavy atom. The summed E-state index contributed by atoms with van der Waals surface area (Å²) in [7, 11) is -3.30. The van der Waals surface area contributed by atoms with Crippen LogP contribution in [0.5, 0.6) is 0 Å². The Morgan fingerprint density at radius 3 is 2.13 bits per heavy atom. The first kappa shape index (κ1) is 20.0. The first-order valence-electron chi connectivity index (χ1n) is 8.86. The van der Waals surface area contributed by atoms with Crippen molar-refractivity contribution in [3.8, 4) is 22.4 Å². The fourth-order valence-corrected chi connectivity index (χ4v) is 3.92. The average molecular weight is 428 g/mol. The van der Waals surface area contributed by atoms with Gasteiger partial charge in [-0.3, -0.25) is 0 Å². The van der Waals surface area contributed by atoms with E-state index in [1.165, 1.54) is 18.2 Å². The van der Waals surface area contributed by atoms with Gasteiger partial charge in [0.05, 0.1) is 21.7 Å². The molecular weight excluding hydrogens is 413 g/mol. The first-order valence-corrected chi connectivity index (χ1v) is 10.8. The molecule has 3 aromatic carbocycles. The van der Waals surface area contributed by atoms with Crippen molar-refractivity contribution >= 4 is 20.7 Å². The van der Waals surface area contributed by atoms with Crippen LogP contribution in [0.2, 0.25) is 0 Å². The van der Waals surface area contributed by atoms with Gasteiger partial charge in [0, 0.05) is 17.2 Å². The van der Waals surface area contributed by atoms with Gasteiger partial charge >= 0.3 is 6.18 Å². The van der Waals surface area contributed by atoms with Gasteiger partial charge in [0.2, 0.25) is 0 Å². The molecule has 0 radical (unpaired) electrons. The quantitative estimate of drug-likeness (QED) is 0.439. The minimum absolute atomic E-state index is 0.155. The second-order valence-electron chi connectivity index (χ2n) is 6.80. The van der Waals surface area contributed by atoms with E-state index in [-0.39, 0.29) is 10.4 Å². The van der Waals surface area contributed by atoms with Crippen LogP contribution in [-0.2, 0) is 16.0 Å². The van der Waals surface area contributed by atoms with Gasteiger partial charge in [-0.2, -0.15) is 13.2 Å².